The highest BCUT2D eigenvalue weighted by molar-refractivity contribution is 5.80. The Morgan fingerprint density at radius 1 is 1.00 bits per heavy atom. The highest BCUT2D eigenvalue weighted by atomic mass is 16.5. The number of carbonyl (C=O) groups excluding carboxylic acids is 2. The molecule has 4 heteroatoms. The zero-order valence-electron chi connectivity index (χ0n) is 12.5. The third-order valence-electron chi connectivity index (χ3n) is 3.34. The molecular weight excluding hydrogens is 278 g/mol. The van der Waals surface area contributed by atoms with Crippen molar-refractivity contribution >= 4 is 11.9 Å². The summed E-state index contributed by atoms with van der Waals surface area (Å²) in [6.07, 6.45) is 0.395. The van der Waals surface area contributed by atoms with E-state index in [1.807, 2.05) is 60.7 Å². The number of rotatable bonds is 6. The summed E-state index contributed by atoms with van der Waals surface area (Å²) in [6.45, 7) is 0. The molecule has 0 aromatic heterocycles. The van der Waals surface area contributed by atoms with Crippen LogP contribution in [-0.4, -0.2) is 19.0 Å². The Hall–Kier alpha value is -2.62. The van der Waals surface area contributed by atoms with Crippen LogP contribution in [0.5, 0.6) is 0 Å². The number of methoxy groups -OCH3 is 1. The fraction of sp³-hybridized carbons (Fsp3) is 0.222. The molecule has 0 spiro atoms. The summed E-state index contributed by atoms with van der Waals surface area (Å²) in [5, 5.41) is 2.91. The largest absolute Gasteiger partial charge is 0.469 e. The molecule has 0 unspecified atom stereocenters. The Kier molecular flexibility index (Phi) is 5.72. The van der Waals surface area contributed by atoms with Crippen LogP contribution in [0.25, 0.3) is 0 Å². The van der Waals surface area contributed by atoms with Gasteiger partial charge in [-0.25, -0.2) is 0 Å². The van der Waals surface area contributed by atoms with E-state index in [0.29, 0.717) is 0 Å². The van der Waals surface area contributed by atoms with Crippen LogP contribution < -0.4 is 5.32 Å². The second-order valence-corrected chi connectivity index (χ2v) is 4.97. The number of hydrogen-bond donors (Lipinski definition) is 1. The van der Waals surface area contributed by atoms with Crippen LogP contribution in [0.15, 0.2) is 60.7 Å². The van der Waals surface area contributed by atoms with Gasteiger partial charge in [-0.3, -0.25) is 9.59 Å². The predicted molar refractivity (Wildman–Crippen MR) is 84.1 cm³/mol. The minimum Gasteiger partial charge on any atom is -0.469 e. The van der Waals surface area contributed by atoms with Gasteiger partial charge in [0.1, 0.15) is 0 Å². The summed E-state index contributed by atoms with van der Waals surface area (Å²) in [7, 11) is 1.34. The summed E-state index contributed by atoms with van der Waals surface area (Å²) in [4.78, 5) is 23.8. The molecule has 2 aromatic rings. The molecule has 114 valence electrons. The Balaban J connectivity index is 2.05. The van der Waals surface area contributed by atoms with Gasteiger partial charge in [0.2, 0.25) is 5.91 Å². The Morgan fingerprint density at radius 3 is 2.18 bits per heavy atom. The first-order valence-corrected chi connectivity index (χ1v) is 7.14. The molecular formula is C18H19NO3. The van der Waals surface area contributed by atoms with Crippen molar-refractivity contribution in [1.82, 2.24) is 5.32 Å². The number of carbonyl (C=O) groups is 2. The highest BCUT2D eigenvalue weighted by Crippen LogP contribution is 2.17. The van der Waals surface area contributed by atoms with Gasteiger partial charge >= 0.3 is 5.97 Å². The Morgan fingerprint density at radius 2 is 1.59 bits per heavy atom. The molecule has 22 heavy (non-hydrogen) atoms. The number of ether oxygens (including phenoxy) is 1. The summed E-state index contributed by atoms with van der Waals surface area (Å²) in [5.74, 6) is -0.474. The van der Waals surface area contributed by atoms with Crippen molar-refractivity contribution in [1.29, 1.82) is 0 Å². The van der Waals surface area contributed by atoms with Crippen LogP contribution >= 0.6 is 0 Å². The van der Waals surface area contributed by atoms with Crippen molar-refractivity contribution in [2.45, 2.75) is 18.9 Å². The lowest BCUT2D eigenvalue weighted by atomic mass is 10.0. The summed E-state index contributed by atoms with van der Waals surface area (Å²) >= 11 is 0. The normalized spacial score (nSPS) is 11.5. The van der Waals surface area contributed by atoms with Gasteiger partial charge in [-0.15, -0.1) is 0 Å². The molecule has 0 fully saturated rings. The first kappa shape index (κ1) is 15.8. The third-order valence-corrected chi connectivity index (χ3v) is 3.34. The lowest BCUT2D eigenvalue weighted by Gasteiger charge is -2.18. The fourth-order valence-corrected chi connectivity index (χ4v) is 2.21. The van der Waals surface area contributed by atoms with Crippen LogP contribution in [-0.2, 0) is 20.7 Å². The SMILES string of the molecule is COC(=O)C[C@H](NC(=O)Cc1ccccc1)c1ccccc1. The maximum absolute atomic E-state index is 12.2. The van der Waals surface area contributed by atoms with E-state index in [2.05, 4.69) is 5.32 Å². The molecule has 0 aliphatic heterocycles. The maximum Gasteiger partial charge on any atom is 0.307 e. The molecule has 0 saturated carbocycles. The van der Waals surface area contributed by atoms with Crippen molar-refractivity contribution in [2.24, 2.45) is 0 Å². The second kappa shape index (κ2) is 7.98. The molecule has 1 N–H and O–H groups in total. The summed E-state index contributed by atoms with van der Waals surface area (Å²) < 4.78 is 4.71. The third kappa shape index (κ3) is 4.74. The van der Waals surface area contributed by atoms with E-state index in [-0.39, 0.29) is 30.8 Å². The molecule has 1 atom stereocenters. The zero-order chi connectivity index (χ0) is 15.8. The van der Waals surface area contributed by atoms with Crippen LogP contribution in [0, 0.1) is 0 Å². The lowest BCUT2D eigenvalue weighted by molar-refractivity contribution is -0.141. The van der Waals surface area contributed by atoms with Crippen molar-refractivity contribution in [2.75, 3.05) is 7.11 Å². The summed E-state index contributed by atoms with van der Waals surface area (Å²) in [5.41, 5.74) is 1.82. The molecule has 0 bridgehead atoms. The monoisotopic (exact) mass is 297 g/mol. The standard InChI is InChI=1S/C18H19NO3/c1-22-18(21)13-16(15-10-6-3-7-11-15)19-17(20)12-14-8-4-2-5-9-14/h2-11,16H,12-13H2,1H3,(H,19,20)/t16-/m0/s1. The summed E-state index contributed by atoms with van der Waals surface area (Å²) in [6, 6.07) is 18.5. The van der Waals surface area contributed by atoms with Crippen LogP contribution in [0.3, 0.4) is 0 Å². The van der Waals surface area contributed by atoms with Gasteiger partial charge in [0.05, 0.1) is 26.0 Å². The number of esters is 1. The average Bonchev–Trinajstić information content (AvgIpc) is 2.55. The van der Waals surface area contributed by atoms with Gasteiger partial charge in [-0.2, -0.15) is 0 Å². The molecule has 4 nitrogen and oxygen atoms in total. The predicted octanol–water partition coefficient (Wildman–Crippen LogP) is 2.65. The number of amides is 1. The van der Waals surface area contributed by atoms with Gasteiger partial charge < -0.3 is 10.1 Å². The van der Waals surface area contributed by atoms with Crippen molar-refractivity contribution < 1.29 is 14.3 Å². The van der Waals surface area contributed by atoms with E-state index in [1.165, 1.54) is 7.11 Å². The van der Waals surface area contributed by atoms with Crippen molar-refractivity contribution in [3.8, 4) is 0 Å². The van der Waals surface area contributed by atoms with E-state index in [9.17, 15) is 9.59 Å². The Bertz CT molecular complexity index is 611. The lowest BCUT2D eigenvalue weighted by Crippen LogP contribution is -2.31. The van der Waals surface area contributed by atoms with Crippen molar-refractivity contribution in [3.63, 3.8) is 0 Å². The van der Waals surface area contributed by atoms with E-state index in [0.717, 1.165) is 11.1 Å². The van der Waals surface area contributed by atoms with Crippen molar-refractivity contribution in [3.05, 3.63) is 71.8 Å². The van der Waals surface area contributed by atoms with Gasteiger partial charge in [-0.05, 0) is 11.1 Å². The smallest absolute Gasteiger partial charge is 0.307 e. The second-order valence-electron chi connectivity index (χ2n) is 4.97. The van der Waals surface area contributed by atoms with Crippen LogP contribution in [0.1, 0.15) is 23.6 Å². The molecule has 0 aliphatic carbocycles. The minimum absolute atomic E-state index is 0.112. The molecule has 0 aliphatic rings. The van der Waals surface area contributed by atoms with E-state index in [1.54, 1.807) is 0 Å². The number of benzene rings is 2. The molecule has 0 saturated heterocycles. The minimum atomic E-state index is -0.384. The first-order chi connectivity index (χ1) is 10.7. The van der Waals surface area contributed by atoms with E-state index < -0.39 is 0 Å². The average molecular weight is 297 g/mol. The Labute approximate surface area is 130 Å². The highest BCUT2D eigenvalue weighted by Gasteiger charge is 2.18. The van der Waals surface area contributed by atoms with Crippen LogP contribution in [0.2, 0.25) is 0 Å². The molecule has 0 radical (unpaired) electrons. The van der Waals surface area contributed by atoms with Gasteiger partial charge in [-0.1, -0.05) is 60.7 Å². The van der Waals surface area contributed by atoms with E-state index >= 15 is 0 Å². The van der Waals surface area contributed by atoms with E-state index in [4.69, 9.17) is 4.74 Å². The molecule has 2 aromatic carbocycles. The zero-order valence-corrected chi connectivity index (χ0v) is 12.5. The fourth-order valence-electron chi connectivity index (χ4n) is 2.21. The van der Waals surface area contributed by atoms with Gasteiger partial charge in [0.25, 0.3) is 0 Å². The van der Waals surface area contributed by atoms with Gasteiger partial charge in [0, 0.05) is 0 Å². The number of hydrogen-bond acceptors (Lipinski definition) is 3. The first-order valence-electron chi connectivity index (χ1n) is 7.14. The molecule has 1 amide bonds. The topological polar surface area (TPSA) is 55.4 Å². The van der Waals surface area contributed by atoms with Crippen LogP contribution in [0.4, 0.5) is 0 Å². The molecule has 0 heterocycles. The van der Waals surface area contributed by atoms with Gasteiger partial charge in [0.15, 0.2) is 0 Å². The molecule has 2 rings (SSSR count). The quantitative estimate of drug-likeness (QED) is 0.834. The maximum atomic E-state index is 12.2. The number of nitrogens with one attached hydrogen (secondary N) is 1.